The number of rotatable bonds is 8. The standard InChI is InChI=1S/C27H30F3N7O3/c1-4-24(39)32-18-6-5-7-19(14-18)33-26-31-16-21(27(28,29)30)25(35-26)34-22-9-8-20(15-23(22)40-3)37-12-10-36(11-13-37)17(2)38/h5-9,14-16H,4,10-13H2,1-3H3,(H,32,39)(H2,31,33,34,35). The first-order valence-electron chi connectivity index (χ1n) is 12.6. The van der Waals surface area contributed by atoms with Gasteiger partial charge in [0, 0.05) is 68.8 Å². The number of carbonyl (C=O) groups is 2. The molecule has 3 N–H and O–H groups in total. The number of anilines is 6. The molecular weight excluding hydrogens is 527 g/mol. The minimum Gasteiger partial charge on any atom is -0.494 e. The number of benzene rings is 2. The largest absolute Gasteiger partial charge is 0.494 e. The third kappa shape index (κ3) is 6.90. The lowest BCUT2D eigenvalue weighted by atomic mass is 10.2. The molecule has 0 saturated carbocycles. The van der Waals surface area contributed by atoms with Crippen LogP contribution in [0.2, 0.25) is 0 Å². The van der Waals surface area contributed by atoms with Crippen LogP contribution < -0.4 is 25.6 Å². The molecule has 1 aliphatic rings. The number of nitrogens with zero attached hydrogens (tertiary/aromatic N) is 4. The smallest absolute Gasteiger partial charge is 0.421 e. The third-order valence-corrected chi connectivity index (χ3v) is 6.35. The van der Waals surface area contributed by atoms with Gasteiger partial charge < -0.3 is 30.5 Å². The van der Waals surface area contributed by atoms with Crippen LogP contribution in [0.1, 0.15) is 25.8 Å². The van der Waals surface area contributed by atoms with Gasteiger partial charge >= 0.3 is 6.18 Å². The Morgan fingerprint density at radius 2 is 1.75 bits per heavy atom. The van der Waals surface area contributed by atoms with Crippen LogP contribution in [0.3, 0.4) is 0 Å². The quantitative estimate of drug-likeness (QED) is 0.355. The zero-order chi connectivity index (χ0) is 28.9. The van der Waals surface area contributed by atoms with Gasteiger partial charge in [-0.15, -0.1) is 0 Å². The van der Waals surface area contributed by atoms with Gasteiger partial charge in [0.15, 0.2) is 0 Å². The van der Waals surface area contributed by atoms with Crippen molar-refractivity contribution >= 4 is 46.3 Å². The van der Waals surface area contributed by atoms with E-state index in [2.05, 4.69) is 30.8 Å². The molecule has 2 heterocycles. The molecule has 1 saturated heterocycles. The van der Waals surface area contributed by atoms with E-state index in [9.17, 15) is 22.8 Å². The van der Waals surface area contributed by atoms with Crippen molar-refractivity contribution < 1.29 is 27.5 Å². The van der Waals surface area contributed by atoms with Crippen molar-refractivity contribution in [3.8, 4) is 5.75 Å². The van der Waals surface area contributed by atoms with Gasteiger partial charge in [0.05, 0.1) is 12.8 Å². The fourth-order valence-electron chi connectivity index (χ4n) is 4.18. The first-order valence-corrected chi connectivity index (χ1v) is 12.6. The van der Waals surface area contributed by atoms with E-state index in [1.165, 1.54) is 14.0 Å². The summed E-state index contributed by atoms with van der Waals surface area (Å²) in [4.78, 5) is 35.1. The van der Waals surface area contributed by atoms with Gasteiger partial charge in [-0.2, -0.15) is 18.2 Å². The molecule has 212 valence electrons. The van der Waals surface area contributed by atoms with Crippen molar-refractivity contribution in [3.05, 3.63) is 54.2 Å². The van der Waals surface area contributed by atoms with Crippen molar-refractivity contribution in [1.29, 1.82) is 0 Å². The lowest BCUT2D eigenvalue weighted by Crippen LogP contribution is -2.48. The molecule has 13 heteroatoms. The number of carbonyl (C=O) groups excluding carboxylic acids is 2. The van der Waals surface area contributed by atoms with Gasteiger partial charge in [0.2, 0.25) is 17.8 Å². The molecule has 0 spiro atoms. The van der Waals surface area contributed by atoms with Crippen LogP contribution in [0.25, 0.3) is 0 Å². The van der Waals surface area contributed by atoms with Gasteiger partial charge in [0.1, 0.15) is 17.1 Å². The summed E-state index contributed by atoms with van der Waals surface area (Å²) in [6.45, 7) is 5.66. The number of piperazine rings is 1. The summed E-state index contributed by atoms with van der Waals surface area (Å²) in [7, 11) is 1.43. The van der Waals surface area contributed by atoms with E-state index < -0.39 is 17.6 Å². The molecule has 1 aliphatic heterocycles. The van der Waals surface area contributed by atoms with Crippen LogP contribution in [-0.4, -0.2) is 60.0 Å². The molecule has 0 unspecified atom stereocenters. The molecule has 1 aromatic heterocycles. The molecule has 2 amide bonds. The lowest BCUT2D eigenvalue weighted by molar-refractivity contribution is -0.137. The number of alkyl halides is 3. The number of aromatic nitrogens is 2. The van der Waals surface area contributed by atoms with Gasteiger partial charge in [-0.1, -0.05) is 13.0 Å². The molecule has 1 fully saturated rings. The second kappa shape index (κ2) is 12.1. The van der Waals surface area contributed by atoms with Crippen molar-refractivity contribution in [2.45, 2.75) is 26.4 Å². The Balaban J connectivity index is 1.58. The molecule has 3 aromatic rings. The zero-order valence-corrected chi connectivity index (χ0v) is 22.3. The van der Waals surface area contributed by atoms with E-state index in [1.54, 1.807) is 54.3 Å². The summed E-state index contributed by atoms with van der Waals surface area (Å²) in [5.41, 5.74) is 1.06. The number of hydrogen-bond acceptors (Lipinski definition) is 8. The van der Waals surface area contributed by atoms with Crippen molar-refractivity contribution in [2.24, 2.45) is 0 Å². The number of halogens is 3. The second-order valence-electron chi connectivity index (χ2n) is 9.06. The molecule has 0 atom stereocenters. The Morgan fingerprint density at radius 3 is 2.40 bits per heavy atom. The zero-order valence-electron chi connectivity index (χ0n) is 22.3. The predicted molar refractivity (Wildman–Crippen MR) is 146 cm³/mol. The van der Waals surface area contributed by atoms with Crippen molar-refractivity contribution in [1.82, 2.24) is 14.9 Å². The second-order valence-corrected chi connectivity index (χ2v) is 9.06. The Hall–Kier alpha value is -4.55. The average Bonchev–Trinajstić information content (AvgIpc) is 2.93. The van der Waals surface area contributed by atoms with E-state index >= 15 is 0 Å². The van der Waals surface area contributed by atoms with Crippen LogP contribution >= 0.6 is 0 Å². The molecule has 4 rings (SSSR count). The summed E-state index contributed by atoms with van der Waals surface area (Å²) < 4.78 is 47.0. The summed E-state index contributed by atoms with van der Waals surface area (Å²) >= 11 is 0. The Kier molecular flexibility index (Phi) is 8.61. The van der Waals surface area contributed by atoms with Gasteiger partial charge in [-0.3, -0.25) is 9.59 Å². The highest BCUT2D eigenvalue weighted by atomic mass is 19.4. The Labute approximate surface area is 229 Å². The summed E-state index contributed by atoms with van der Waals surface area (Å²) in [6, 6.07) is 11.8. The number of nitrogens with one attached hydrogen (secondary N) is 3. The first kappa shape index (κ1) is 28.5. The average molecular weight is 558 g/mol. The Bertz CT molecular complexity index is 1380. The van der Waals surface area contributed by atoms with Crippen molar-refractivity contribution in [2.75, 3.05) is 54.1 Å². The fraction of sp³-hybridized carbons (Fsp3) is 0.333. The van der Waals surface area contributed by atoms with Gasteiger partial charge in [-0.05, 0) is 30.3 Å². The highest BCUT2D eigenvalue weighted by Crippen LogP contribution is 2.38. The lowest BCUT2D eigenvalue weighted by Gasteiger charge is -2.35. The third-order valence-electron chi connectivity index (χ3n) is 6.35. The van der Waals surface area contributed by atoms with E-state index in [-0.39, 0.29) is 23.5 Å². The normalized spacial score (nSPS) is 13.6. The molecule has 0 bridgehead atoms. The van der Waals surface area contributed by atoms with Crippen LogP contribution in [-0.2, 0) is 15.8 Å². The minimum absolute atomic E-state index is 0.0203. The fourth-order valence-corrected chi connectivity index (χ4v) is 4.18. The van der Waals surface area contributed by atoms with E-state index in [4.69, 9.17) is 4.74 Å². The predicted octanol–water partition coefficient (Wildman–Crippen LogP) is 5.01. The monoisotopic (exact) mass is 557 g/mol. The number of ether oxygens (including phenoxy) is 1. The Morgan fingerprint density at radius 1 is 1.02 bits per heavy atom. The van der Waals surface area contributed by atoms with Crippen LogP contribution in [0.15, 0.2) is 48.7 Å². The van der Waals surface area contributed by atoms with Gasteiger partial charge in [0.25, 0.3) is 0 Å². The molecular formula is C27H30F3N7O3. The molecule has 0 radical (unpaired) electrons. The summed E-state index contributed by atoms with van der Waals surface area (Å²) in [5.74, 6) is -0.360. The summed E-state index contributed by atoms with van der Waals surface area (Å²) in [5, 5.41) is 8.37. The number of amides is 2. The number of hydrogen-bond donors (Lipinski definition) is 3. The molecule has 0 aliphatic carbocycles. The maximum atomic E-state index is 13.8. The SMILES string of the molecule is CCC(=O)Nc1cccc(Nc2ncc(C(F)(F)F)c(Nc3ccc(N4CCN(C(C)=O)CC4)cc3OC)n2)c1. The molecule has 40 heavy (non-hydrogen) atoms. The van der Waals surface area contributed by atoms with E-state index in [0.29, 0.717) is 55.9 Å². The minimum atomic E-state index is -4.71. The highest BCUT2D eigenvalue weighted by Gasteiger charge is 2.35. The topological polar surface area (TPSA) is 112 Å². The van der Waals surface area contributed by atoms with Gasteiger partial charge in [-0.25, -0.2) is 4.98 Å². The maximum Gasteiger partial charge on any atom is 0.421 e. The summed E-state index contributed by atoms with van der Waals surface area (Å²) in [6.07, 6.45) is -3.71. The van der Waals surface area contributed by atoms with E-state index in [1.807, 2.05) is 0 Å². The number of methoxy groups -OCH3 is 1. The molecule has 10 nitrogen and oxygen atoms in total. The van der Waals surface area contributed by atoms with Crippen LogP contribution in [0.4, 0.5) is 47.7 Å². The maximum absolute atomic E-state index is 13.8. The van der Waals surface area contributed by atoms with Crippen LogP contribution in [0, 0.1) is 0 Å². The first-order chi connectivity index (χ1) is 19.1. The van der Waals surface area contributed by atoms with Crippen LogP contribution in [0.5, 0.6) is 5.75 Å². The van der Waals surface area contributed by atoms with Crippen molar-refractivity contribution in [3.63, 3.8) is 0 Å². The highest BCUT2D eigenvalue weighted by molar-refractivity contribution is 5.91. The molecule has 2 aromatic carbocycles. The van der Waals surface area contributed by atoms with E-state index in [0.717, 1.165) is 5.69 Å².